The van der Waals surface area contributed by atoms with E-state index in [1.165, 1.54) is 48.3 Å². The molecule has 1 aliphatic carbocycles. The molecule has 2 N–H and O–H groups in total. The Balaban J connectivity index is 1.90. The van der Waals surface area contributed by atoms with Crippen LogP contribution in [0.25, 0.3) is 0 Å². The fourth-order valence-electron chi connectivity index (χ4n) is 3.15. The minimum atomic E-state index is 0.613. The minimum absolute atomic E-state index is 0.613. The van der Waals surface area contributed by atoms with Gasteiger partial charge in [0.1, 0.15) is 5.82 Å². The van der Waals surface area contributed by atoms with Gasteiger partial charge in [0.2, 0.25) is 0 Å². The van der Waals surface area contributed by atoms with Gasteiger partial charge in [-0.05, 0) is 49.7 Å². The normalized spacial score (nSPS) is 20.2. The van der Waals surface area contributed by atoms with Crippen LogP contribution in [0.3, 0.4) is 0 Å². The second kappa shape index (κ2) is 4.88. The van der Waals surface area contributed by atoms with Crippen LogP contribution in [-0.4, -0.2) is 18.1 Å². The van der Waals surface area contributed by atoms with Gasteiger partial charge in [0.25, 0.3) is 0 Å². The summed E-state index contributed by atoms with van der Waals surface area (Å²) in [7, 11) is 0. The van der Waals surface area contributed by atoms with E-state index in [-0.39, 0.29) is 0 Å². The van der Waals surface area contributed by atoms with Crippen LogP contribution < -0.4 is 10.6 Å². The van der Waals surface area contributed by atoms with Gasteiger partial charge in [0, 0.05) is 30.9 Å². The summed E-state index contributed by atoms with van der Waals surface area (Å²) in [5.74, 6) is 2.03. The molecule has 0 bridgehead atoms. The van der Waals surface area contributed by atoms with Crippen molar-refractivity contribution in [1.29, 1.82) is 0 Å². The fourth-order valence-corrected chi connectivity index (χ4v) is 3.15. The van der Waals surface area contributed by atoms with Gasteiger partial charge < -0.3 is 10.6 Å². The third-order valence-electron chi connectivity index (χ3n) is 4.41. The third-order valence-corrected chi connectivity index (χ3v) is 4.41. The molecular weight excluding hydrogens is 222 g/mol. The van der Waals surface area contributed by atoms with Crippen molar-refractivity contribution in [3.63, 3.8) is 0 Å². The van der Waals surface area contributed by atoms with Gasteiger partial charge in [-0.15, -0.1) is 0 Å². The van der Waals surface area contributed by atoms with Crippen molar-refractivity contribution in [3.05, 3.63) is 22.9 Å². The summed E-state index contributed by atoms with van der Waals surface area (Å²) in [5, 5.41) is 0. The smallest absolute Gasteiger partial charge is 0.133 e. The van der Waals surface area contributed by atoms with Crippen LogP contribution in [-0.2, 0) is 19.4 Å². The molecule has 1 aromatic rings. The monoisotopic (exact) mass is 245 g/mol. The van der Waals surface area contributed by atoms with E-state index in [1.54, 1.807) is 0 Å². The maximum absolute atomic E-state index is 5.91. The zero-order chi connectivity index (χ0) is 12.5. The zero-order valence-corrected chi connectivity index (χ0v) is 11.3. The van der Waals surface area contributed by atoms with Gasteiger partial charge in [0.15, 0.2) is 0 Å². The lowest BCUT2D eigenvalue weighted by Crippen LogP contribution is -2.34. The number of hydrogen-bond donors (Lipinski definition) is 1. The largest absolute Gasteiger partial charge is 0.356 e. The first-order valence-corrected chi connectivity index (χ1v) is 7.24. The third kappa shape index (κ3) is 2.12. The summed E-state index contributed by atoms with van der Waals surface area (Å²) in [4.78, 5) is 7.36. The molecule has 0 amide bonds. The highest BCUT2D eigenvalue weighted by atomic mass is 15.2. The summed E-state index contributed by atoms with van der Waals surface area (Å²) < 4.78 is 0. The summed E-state index contributed by atoms with van der Waals surface area (Å²) >= 11 is 0. The van der Waals surface area contributed by atoms with E-state index in [0.29, 0.717) is 6.54 Å². The molecule has 0 unspecified atom stereocenters. The lowest BCUT2D eigenvalue weighted by atomic mass is 9.98. The van der Waals surface area contributed by atoms with Crippen LogP contribution in [0.15, 0.2) is 6.07 Å². The molecule has 2 aliphatic rings. The number of nitrogens with zero attached hydrogens (tertiary/aromatic N) is 2. The Hall–Kier alpha value is -1.09. The van der Waals surface area contributed by atoms with Crippen molar-refractivity contribution in [2.45, 2.75) is 45.6 Å². The van der Waals surface area contributed by atoms with Crippen molar-refractivity contribution in [3.8, 4) is 0 Å². The second-order valence-electron chi connectivity index (χ2n) is 5.80. The van der Waals surface area contributed by atoms with Crippen LogP contribution >= 0.6 is 0 Å². The highest BCUT2D eigenvalue weighted by Crippen LogP contribution is 2.29. The number of aromatic nitrogens is 1. The van der Waals surface area contributed by atoms with Gasteiger partial charge in [-0.3, -0.25) is 0 Å². The van der Waals surface area contributed by atoms with Crippen molar-refractivity contribution in [1.82, 2.24) is 4.98 Å². The number of aryl methyl sites for hydroxylation is 2. The summed E-state index contributed by atoms with van der Waals surface area (Å²) in [5.41, 5.74) is 9.91. The molecule has 3 rings (SSSR count). The predicted octanol–water partition coefficient (Wildman–Crippen LogP) is 2.27. The molecule has 3 nitrogen and oxygen atoms in total. The van der Waals surface area contributed by atoms with E-state index >= 15 is 0 Å². The van der Waals surface area contributed by atoms with E-state index < -0.39 is 0 Å². The Morgan fingerprint density at radius 3 is 2.83 bits per heavy atom. The van der Waals surface area contributed by atoms with Crippen LogP contribution in [0, 0.1) is 5.92 Å². The van der Waals surface area contributed by atoms with Gasteiger partial charge in [-0.2, -0.15) is 0 Å². The predicted molar refractivity (Wildman–Crippen MR) is 74.8 cm³/mol. The molecule has 3 heteroatoms. The number of rotatable bonds is 2. The van der Waals surface area contributed by atoms with Crippen LogP contribution in [0.1, 0.15) is 43.0 Å². The molecular formula is C15H23N3. The first kappa shape index (κ1) is 12.0. The first-order valence-electron chi connectivity index (χ1n) is 7.24. The summed E-state index contributed by atoms with van der Waals surface area (Å²) in [6.45, 7) is 5.23. The minimum Gasteiger partial charge on any atom is -0.356 e. The van der Waals surface area contributed by atoms with Gasteiger partial charge in [0.05, 0.1) is 0 Å². The van der Waals surface area contributed by atoms with E-state index in [4.69, 9.17) is 10.7 Å². The lowest BCUT2D eigenvalue weighted by molar-refractivity contribution is 0.436. The fraction of sp³-hybridized carbons (Fsp3) is 0.667. The zero-order valence-electron chi connectivity index (χ0n) is 11.3. The standard InChI is InChI=1S/C15H23N3/c1-11-5-7-18(8-6-11)15-13(10-16)9-12-3-2-4-14(12)17-15/h9,11H,2-8,10,16H2,1H3. The second-order valence-corrected chi connectivity index (χ2v) is 5.80. The van der Waals surface area contributed by atoms with Crippen molar-refractivity contribution < 1.29 is 0 Å². The molecule has 0 spiro atoms. The SMILES string of the molecule is CC1CCN(c2nc3c(cc2CN)CCC3)CC1. The van der Waals surface area contributed by atoms with Crippen molar-refractivity contribution >= 4 is 5.82 Å². The number of anilines is 1. The Morgan fingerprint density at radius 1 is 1.33 bits per heavy atom. The Bertz CT molecular complexity index is 434. The quantitative estimate of drug-likeness (QED) is 0.869. The molecule has 2 heterocycles. The number of pyridine rings is 1. The molecule has 1 aromatic heterocycles. The van der Waals surface area contributed by atoms with Crippen molar-refractivity contribution in [2.24, 2.45) is 11.7 Å². The van der Waals surface area contributed by atoms with Crippen molar-refractivity contribution in [2.75, 3.05) is 18.0 Å². The maximum atomic E-state index is 5.91. The molecule has 0 saturated carbocycles. The molecule has 1 aliphatic heterocycles. The van der Waals surface area contributed by atoms with Crippen LogP contribution in [0.2, 0.25) is 0 Å². The number of hydrogen-bond acceptors (Lipinski definition) is 3. The molecule has 1 fully saturated rings. The number of fused-ring (bicyclic) bond motifs is 1. The Morgan fingerprint density at radius 2 is 2.11 bits per heavy atom. The average molecular weight is 245 g/mol. The Kier molecular flexibility index (Phi) is 3.25. The van der Waals surface area contributed by atoms with Gasteiger partial charge >= 0.3 is 0 Å². The highest BCUT2D eigenvalue weighted by Gasteiger charge is 2.22. The Labute approximate surface area is 109 Å². The van der Waals surface area contributed by atoms with E-state index in [0.717, 1.165) is 25.4 Å². The van der Waals surface area contributed by atoms with Gasteiger partial charge in [-0.1, -0.05) is 6.92 Å². The van der Waals surface area contributed by atoms with Crippen LogP contribution in [0.5, 0.6) is 0 Å². The van der Waals surface area contributed by atoms with E-state index in [9.17, 15) is 0 Å². The number of nitrogens with two attached hydrogens (primary N) is 1. The first-order chi connectivity index (χ1) is 8.78. The molecule has 0 atom stereocenters. The topological polar surface area (TPSA) is 42.2 Å². The van der Waals surface area contributed by atoms with Crippen LogP contribution in [0.4, 0.5) is 5.82 Å². The summed E-state index contributed by atoms with van der Waals surface area (Å²) in [6.07, 6.45) is 6.16. The molecule has 0 aromatic carbocycles. The van der Waals surface area contributed by atoms with E-state index in [2.05, 4.69) is 17.9 Å². The average Bonchev–Trinajstić information content (AvgIpc) is 2.85. The lowest BCUT2D eigenvalue weighted by Gasteiger charge is -2.32. The maximum Gasteiger partial charge on any atom is 0.133 e. The van der Waals surface area contributed by atoms with E-state index in [1.807, 2.05) is 0 Å². The molecule has 98 valence electrons. The summed E-state index contributed by atoms with van der Waals surface area (Å²) in [6, 6.07) is 2.31. The molecule has 0 radical (unpaired) electrons. The number of piperidine rings is 1. The molecule has 18 heavy (non-hydrogen) atoms. The highest BCUT2D eigenvalue weighted by molar-refractivity contribution is 5.51. The van der Waals surface area contributed by atoms with Gasteiger partial charge in [-0.25, -0.2) is 4.98 Å². The molecule has 1 saturated heterocycles.